The number of ether oxygens (including phenoxy) is 3. The second kappa shape index (κ2) is 5.91. The Labute approximate surface area is 112 Å². The van der Waals surface area contributed by atoms with Gasteiger partial charge in [-0.2, -0.15) is 0 Å². The molecule has 2 aliphatic heterocycles. The normalized spacial score (nSPS) is 26.4. The Morgan fingerprint density at radius 1 is 1.00 bits per heavy atom. The van der Waals surface area contributed by atoms with Crippen molar-refractivity contribution in [3.05, 3.63) is 23.7 Å². The van der Waals surface area contributed by atoms with E-state index in [1.54, 1.807) is 0 Å². The molecule has 0 aliphatic carbocycles. The van der Waals surface area contributed by atoms with Gasteiger partial charge in [-0.05, 0) is 39.5 Å². The third-order valence-electron chi connectivity index (χ3n) is 3.24. The maximum atomic E-state index is 11.8. The van der Waals surface area contributed by atoms with Gasteiger partial charge in [-0.15, -0.1) is 0 Å². The number of hydrogen-bond donors (Lipinski definition) is 0. The molecule has 104 valence electrons. The second-order valence-electron chi connectivity index (χ2n) is 4.93. The van der Waals surface area contributed by atoms with Gasteiger partial charge in [0.15, 0.2) is 0 Å². The van der Waals surface area contributed by atoms with Crippen molar-refractivity contribution < 1.29 is 23.8 Å². The fourth-order valence-corrected chi connectivity index (χ4v) is 1.88. The molecule has 0 saturated carbocycles. The summed E-state index contributed by atoms with van der Waals surface area (Å²) in [7, 11) is 0. The third-order valence-corrected chi connectivity index (χ3v) is 3.24. The van der Waals surface area contributed by atoms with Gasteiger partial charge in [-0.25, -0.2) is 9.59 Å². The van der Waals surface area contributed by atoms with Gasteiger partial charge < -0.3 is 14.2 Å². The van der Waals surface area contributed by atoms with Crippen molar-refractivity contribution >= 4 is 11.9 Å². The Balaban J connectivity index is 1.90. The maximum Gasteiger partial charge on any atom is 0.345 e. The highest BCUT2D eigenvalue weighted by Gasteiger charge is 2.24. The third kappa shape index (κ3) is 3.59. The summed E-state index contributed by atoms with van der Waals surface area (Å²) in [5.74, 6) is -1.26. The maximum absolute atomic E-state index is 11.8. The Morgan fingerprint density at radius 2 is 1.42 bits per heavy atom. The van der Waals surface area contributed by atoms with E-state index < -0.39 is 11.9 Å². The highest BCUT2D eigenvalue weighted by atomic mass is 16.6. The van der Waals surface area contributed by atoms with Crippen molar-refractivity contribution in [3.63, 3.8) is 0 Å². The molecule has 0 aromatic carbocycles. The van der Waals surface area contributed by atoms with Gasteiger partial charge in [0.05, 0.1) is 35.9 Å². The first-order chi connectivity index (χ1) is 9.06. The van der Waals surface area contributed by atoms with Crippen LogP contribution in [0.2, 0.25) is 0 Å². The molecule has 0 amide bonds. The Bertz CT molecular complexity index is 395. The summed E-state index contributed by atoms with van der Waals surface area (Å²) in [6, 6.07) is 0. The molecule has 0 spiro atoms. The summed E-state index contributed by atoms with van der Waals surface area (Å²) in [5.41, 5.74) is 0.800. The Kier molecular flexibility index (Phi) is 4.24. The van der Waals surface area contributed by atoms with Crippen LogP contribution in [-0.2, 0) is 23.8 Å². The van der Waals surface area contributed by atoms with Crippen LogP contribution >= 0.6 is 0 Å². The van der Waals surface area contributed by atoms with Crippen LogP contribution in [0.15, 0.2) is 23.7 Å². The molecule has 2 atom stereocenters. The summed E-state index contributed by atoms with van der Waals surface area (Å²) in [6.07, 6.45) is 5.61. The van der Waals surface area contributed by atoms with Gasteiger partial charge in [0.1, 0.15) is 0 Å². The topological polar surface area (TPSA) is 61.8 Å². The zero-order valence-electron chi connectivity index (χ0n) is 11.2. The summed E-state index contributed by atoms with van der Waals surface area (Å²) in [5, 5.41) is 0. The van der Waals surface area contributed by atoms with Crippen molar-refractivity contribution in [1.29, 1.82) is 0 Å². The van der Waals surface area contributed by atoms with Crippen LogP contribution in [0, 0.1) is 0 Å². The lowest BCUT2D eigenvalue weighted by atomic mass is 10.1. The van der Waals surface area contributed by atoms with Crippen molar-refractivity contribution in [1.82, 2.24) is 0 Å². The first-order valence-corrected chi connectivity index (χ1v) is 6.51. The molecule has 5 heteroatoms. The Hall–Kier alpha value is -1.78. The van der Waals surface area contributed by atoms with Gasteiger partial charge >= 0.3 is 11.9 Å². The number of hydrogen-bond acceptors (Lipinski definition) is 5. The van der Waals surface area contributed by atoms with Crippen LogP contribution in [0.5, 0.6) is 0 Å². The first kappa shape index (κ1) is 13.6. The van der Waals surface area contributed by atoms with E-state index in [-0.39, 0.29) is 12.2 Å². The molecule has 19 heavy (non-hydrogen) atoms. The minimum absolute atomic E-state index is 0.100. The first-order valence-electron chi connectivity index (χ1n) is 6.51. The van der Waals surface area contributed by atoms with E-state index in [2.05, 4.69) is 0 Å². The van der Waals surface area contributed by atoms with E-state index in [4.69, 9.17) is 14.2 Å². The van der Waals surface area contributed by atoms with Crippen molar-refractivity contribution in [2.75, 3.05) is 0 Å². The van der Waals surface area contributed by atoms with Crippen LogP contribution in [-0.4, -0.2) is 24.1 Å². The second-order valence-corrected chi connectivity index (χ2v) is 4.93. The van der Waals surface area contributed by atoms with Gasteiger partial charge in [-0.3, -0.25) is 0 Å². The van der Waals surface area contributed by atoms with Crippen molar-refractivity contribution in [3.8, 4) is 0 Å². The van der Waals surface area contributed by atoms with E-state index in [1.807, 2.05) is 13.8 Å². The van der Waals surface area contributed by atoms with Crippen molar-refractivity contribution in [2.45, 2.75) is 51.7 Å². The predicted molar refractivity (Wildman–Crippen MR) is 66.8 cm³/mol. The molecule has 2 rings (SSSR count). The van der Waals surface area contributed by atoms with E-state index in [1.165, 1.54) is 12.5 Å². The van der Waals surface area contributed by atoms with Gasteiger partial charge in [-0.1, -0.05) is 0 Å². The molecule has 2 heterocycles. The van der Waals surface area contributed by atoms with Crippen LogP contribution < -0.4 is 0 Å². The predicted octanol–water partition coefficient (Wildman–Crippen LogP) is 2.22. The molecule has 0 N–H and O–H groups in total. The molecule has 0 saturated heterocycles. The molecule has 2 aliphatic rings. The fourth-order valence-electron chi connectivity index (χ4n) is 1.88. The van der Waals surface area contributed by atoms with Crippen molar-refractivity contribution in [2.24, 2.45) is 0 Å². The number of esters is 2. The average Bonchev–Trinajstić information content (AvgIpc) is 2.40. The molecule has 2 unspecified atom stereocenters. The standard InChI is InChI=1S/C14H18O5/c1-9-3-5-11(7-17-9)13(15)19-14(16)12-6-4-10(2)18-8-12/h7-10H,3-6H2,1-2H3. The minimum Gasteiger partial charge on any atom is -0.498 e. The Morgan fingerprint density at radius 3 is 1.74 bits per heavy atom. The number of carbonyl (C=O) groups excluding carboxylic acids is 2. The lowest BCUT2D eigenvalue weighted by Crippen LogP contribution is -2.22. The van der Waals surface area contributed by atoms with Crippen LogP contribution in [0.1, 0.15) is 39.5 Å². The summed E-state index contributed by atoms with van der Waals surface area (Å²) >= 11 is 0. The van der Waals surface area contributed by atoms with E-state index in [0.29, 0.717) is 24.0 Å². The summed E-state index contributed by atoms with van der Waals surface area (Å²) in [6.45, 7) is 3.85. The monoisotopic (exact) mass is 266 g/mol. The van der Waals surface area contributed by atoms with E-state index >= 15 is 0 Å². The van der Waals surface area contributed by atoms with E-state index in [9.17, 15) is 9.59 Å². The highest BCUT2D eigenvalue weighted by Crippen LogP contribution is 2.21. The van der Waals surface area contributed by atoms with Gasteiger partial charge in [0.2, 0.25) is 0 Å². The number of rotatable bonds is 2. The molecular weight excluding hydrogens is 248 g/mol. The molecule has 5 nitrogen and oxygen atoms in total. The molecule has 0 fully saturated rings. The molecule has 0 bridgehead atoms. The summed E-state index contributed by atoms with van der Waals surface area (Å²) < 4.78 is 15.3. The van der Waals surface area contributed by atoms with Crippen LogP contribution in [0.25, 0.3) is 0 Å². The number of carbonyl (C=O) groups is 2. The zero-order chi connectivity index (χ0) is 13.8. The van der Waals surface area contributed by atoms with Gasteiger partial charge in [0.25, 0.3) is 0 Å². The highest BCUT2D eigenvalue weighted by molar-refractivity contribution is 6.01. The molecule has 0 radical (unpaired) electrons. The minimum atomic E-state index is -0.628. The molecular formula is C14H18O5. The fraction of sp³-hybridized carbons (Fsp3) is 0.571. The molecule has 0 aromatic heterocycles. The SMILES string of the molecule is CC1CCC(C(=O)OC(=O)C2=COC(C)CC2)=CO1. The smallest absolute Gasteiger partial charge is 0.345 e. The van der Waals surface area contributed by atoms with Gasteiger partial charge in [0, 0.05) is 0 Å². The largest absolute Gasteiger partial charge is 0.498 e. The average molecular weight is 266 g/mol. The van der Waals surface area contributed by atoms with Crippen LogP contribution in [0.3, 0.4) is 0 Å². The zero-order valence-corrected chi connectivity index (χ0v) is 11.2. The quantitative estimate of drug-likeness (QED) is 0.566. The summed E-state index contributed by atoms with van der Waals surface area (Å²) in [4.78, 5) is 23.5. The molecule has 0 aromatic rings. The lowest BCUT2D eigenvalue weighted by Gasteiger charge is -2.20. The van der Waals surface area contributed by atoms with E-state index in [0.717, 1.165) is 12.8 Å². The van der Waals surface area contributed by atoms with Crippen LogP contribution in [0.4, 0.5) is 0 Å². The lowest BCUT2D eigenvalue weighted by molar-refractivity contribution is -0.154.